The number of anilines is 2. The lowest BCUT2D eigenvalue weighted by Gasteiger charge is -2.46. The lowest BCUT2D eigenvalue weighted by Crippen LogP contribution is -2.61. The van der Waals surface area contributed by atoms with E-state index in [0.29, 0.717) is 5.75 Å². The van der Waals surface area contributed by atoms with Crippen molar-refractivity contribution < 1.29 is 13.9 Å². The van der Waals surface area contributed by atoms with Gasteiger partial charge in [0.1, 0.15) is 5.58 Å². The fourth-order valence-corrected chi connectivity index (χ4v) is 11.9. The van der Waals surface area contributed by atoms with Crippen molar-refractivity contribution in [1.82, 2.24) is 4.57 Å². The second-order valence-corrected chi connectivity index (χ2v) is 22.9. The Kier molecular flexibility index (Phi) is 7.49. The van der Waals surface area contributed by atoms with E-state index in [-0.39, 0.29) is 28.5 Å². The highest BCUT2D eigenvalue weighted by Crippen LogP contribution is 2.56. The van der Waals surface area contributed by atoms with Gasteiger partial charge in [-0.15, -0.1) is 0 Å². The van der Waals surface area contributed by atoms with Gasteiger partial charge in [-0.25, -0.2) is 0 Å². The van der Waals surface area contributed by atoms with Gasteiger partial charge < -0.3 is 23.3 Å². The van der Waals surface area contributed by atoms with Crippen molar-refractivity contribution in [3.63, 3.8) is 0 Å². The summed E-state index contributed by atoms with van der Waals surface area (Å²) in [5, 5.41) is 4.77. The number of para-hydroxylation sites is 3. The van der Waals surface area contributed by atoms with Gasteiger partial charge in [-0.1, -0.05) is 118 Å². The van der Waals surface area contributed by atoms with Crippen molar-refractivity contribution >= 4 is 72.9 Å². The Morgan fingerprint density at radius 3 is 1.92 bits per heavy atom. The first-order valence-electron chi connectivity index (χ1n) is 23.6. The number of hydrogen-bond donors (Lipinski definition) is 0. The monoisotopic (exact) mass is 850 g/mol. The number of aromatic nitrogens is 1. The SMILES string of the molecule is Cc1cc2c(cc1N1B3c4c(cc5c(oc6ccccc65)c4-n4c5ccc(C(C)(C)C)cc5c5cc(C(C)(C)C)cc3c54)-c3cc4c(cc31)Oc1ccccc1O4)C(C)(C)CCC2(C)C. The standard InChI is InChI=1S/C59H55BN2O3/c1-32-24-41-42(59(10,11)23-22-58(41,8)9)30-45(32)62-46-31-51-50(63-48-18-14-15-19-49(48)64-51)29-37(46)38-28-40-35-16-12-13-17-47(35)65-55(40)54-52(38)60(62)43-27-34(57(5,6)7)26-39-36-25-33(56(2,3)4)20-21-44(36)61(54)53(39)43/h12-21,24-31H,22-23H2,1-11H3. The molecule has 4 aliphatic rings. The number of ether oxygens (including phenoxy) is 2. The first-order valence-corrected chi connectivity index (χ1v) is 23.6. The van der Waals surface area contributed by atoms with E-state index in [4.69, 9.17) is 13.9 Å². The van der Waals surface area contributed by atoms with Crippen LogP contribution in [-0.2, 0) is 21.7 Å². The van der Waals surface area contributed by atoms with Crippen LogP contribution in [0.5, 0.6) is 23.0 Å². The summed E-state index contributed by atoms with van der Waals surface area (Å²) in [5.41, 5.74) is 19.3. The molecule has 0 amide bonds. The largest absolute Gasteiger partial charge is 0.454 e. The average Bonchev–Trinajstić information content (AvgIpc) is 3.80. The van der Waals surface area contributed by atoms with Gasteiger partial charge >= 0.3 is 6.85 Å². The van der Waals surface area contributed by atoms with E-state index in [1.54, 1.807) is 0 Å². The van der Waals surface area contributed by atoms with Crippen molar-refractivity contribution in [2.45, 2.75) is 111 Å². The van der Waals surface area contributed by atoms with Crippen molar-refractivity contribution in [3.8, 4) is 39.8 Å². The molecule has 0 bridgehead atoms. The van der Waals surface area contributed by atoms with E-state index in [1.807, 2.05) is 24.3 Å². The molecule has 2 aromatic heterocycles. The quantitative estimate of drug-likeness (QED) is 0.154. The molecule has 0 spiro atoms. The van der Waals surface area contributed by atoms with Gasteiger partial charge in [0.05, 0.1) is 16.7 Å². The minimum Gasteiger partial charge on any atom is -0.454 e. The molecular weight excluding hydrogens is 795 g/mol. The van der Waals surface area contributed by atoms with Crippen molar-refractivity contribution in [2.24, 2.45) is 0 Å². The molecule has 6 heteroatoms. The van der Waals surface area contributed by atoms with E-state index in [2.05, 4.69) is 170 Å². The Morgan fingerprint density at radius 1 is 0.569 bits per heavy atom. The highest BCUT2D eigenvalue weighted by atomic mass is 16.6. The predicted molar refractivity (Wildman–Crippen MR) is 271 cm³/mol. The molecule has 5 nitrogen and oxygen atoms in total. The number of nitrogens with zero attached hydrogens (tertiary/aromatic N) is 2. The van der Waals surface area contributed by atoms with Gasteiger partial charge in [0.25, 0.3) is 0 Å². The zero-order valence-corrected chi connectivity index (χ0v) is 39.5. The van der Waals surface area contributed by atoms with Crippen molar-refractivity contribution in [3.05, 3.63) is 137 Å². The third-order valence-corrected chi connectivity index (χ3v) is 15.7. The summed E-state index contributed by atoms with van der Waals surface area (Å²) in [6.45, 7) is 25.9. The molecule has 7 aromatic carbocycles. The highest BCUT2D eigenvalue weighted by Gasteiger charge is 2.48. The number of furan rings is 1. The molecule has 13 rings (SSSR count). The van der Waals surface area contributed by atoms with E-state index < -0.39 is 0 Å². The topological polar surface area (TPSA) is 39.8 Å². The summed E-state index contributed by atoms with van der Waals surface area (Å²) in [5.74, 6) is 2.88. The molecule has 1 aliphatic carbocycles. The number of fused-ring (bicyclic) bond motifs is 14. The number of hydrogen-bond acceptors (Lipinski definition) is 4. The highest BCUT2D eigenvalue weighted by molar-refractivity contribution is 6.94. The van der Waals surface area contributed by atoms with Crippen LogP contribution in [0.4, 0.5) is 11.4 Å². The maximum absolute atomic E-state index is 7.17. The van der Waals surface area contributed by atoms with Gasteiger partial charge in [0.15, 0.2) is 28.6 Å². The van der Waals surface area contributed by atoms with Gasteiger partial charge in [0, 0.05) is 44.5 Å². The Labute approximate surface area is 382 Å². The van der Waals surface area contributed by atoms with Crippen molar-refractivity contribution in [1.29, 1.82) is 0 Å². The Morgan fingerprint density at radius 2 is 1.22 bits per heavy atom. The first-order chi connectivity index (χ1) is 30.9. The predicted octanol–water partition coefficient (Wildman–Crippen LogP) is 15.1. The molecule has 5 heterocycles. The third-order valence-electron chi connectivity index (χ3n) is 15.7. The second-order valence-electron chi connectivity index (χ2n) is 22.9. The lowest BCUT2D eigenvalue weighted by molar-refractivity contribution is 0.332. The van der Waals surface area contributed by atoms with Crippen LogP contribution in [0.25, 0.3) is 60.6 Å². The number of benzene rings is 7. The van der Waals surface area contributed by atoms with E-state index in [1.165, 1.54) is 71.8 Å². The third kappa shape index (κ3) is 5.28. The summed E-state index contributed by atoms with van der Waals surface area (Å²) >= 11 is 0. The minimum atomic E-state index is -0.208. The van der Waals surface area contributed by atoms with Crippen LogP contribution in [0, 0.1) is 6.92 Å². The number of rotatable bonds is 1. The molecular formula is C59H55BN2O3. The summed E-state index contributed by atoms with van der Waals surface area (Å²) in [7, 11) is 0. The van der Waals surface area contributed by atoms with E-state index >= 15 is 0 Å². The molecule has 9 aromatic rings. The van der Waals surface area contributed by atoms with Crippen LogP contribution in [0.2, 0.25) is 0 Å². The molecule has 3 aliphatic heterocycles. The van der Waals surface area contributed by atoms with Gasteiger partial charge in [-0.3, -0.25) is 0 Å². The fraction of sp³-hybridized carbons (Fsp3) is 0.288. The molecule has 0 unspecified atom stereocenters. The molecule has 0 radical (unpaired) electrons. The smallest absolute Gasteiger partial charge is 0.333 e. The maximum Gasteiger partial charge on any atom is 0.333 e. The molecule has 0 N–H and O–H groups in total. The molecule has 65 heavy (non-hydrogen) atoms. The Hall–Kier alpha value is -6.40. The van der Waals surface area contributed by atoms with Gasteiger partial charge in [-0.2, -0.15) is 0 Å². The summed E-state index contributed by atoms with van der Waals surface area (Å²) < 4.78 is 23.3. The second kappa shape index (κ2) is 12.5. The van der Waals surface area contributed by atoms with Crippen LogP contribution in [-0.4, -0.2) is 11.4 Å². The average molecular weight is 851 g/mol. The maximum atomic E-state index is 7.17. The molecule has 0 saturated heterocycles. The van der Waals surface area contributed by atoms with Crippen LogP contribution in [0.15, 0.2) is 114 Å². The molecule has 0 fully saturated rings. The van der Waals surface area contributed by atoms with Crippen LogP contribution in [0.1, 0.15) is 110 Å². The lowest BCUT2D eigenvalue weighted by atomic mass is 9.43. The number of aryl methyl sites for hydroxylation is 1. The molecule has 322 valence electrons. The summed E-state index contributed by atoms with van der Waals surface area (Å²) in [6, 6.07) is 40.7. The van der Waals surface area contributed by atoms with Gasteiger partial charge in [-0.05, 0) is 140 Å². The van der Waals surface area contributed by atoms with Crippen LogP contribution >= 0.6 is 0 Å². The Bertz CT molecular complexity index is 3610. The van der Waals surface area contributed by atoms with E-state index in [9.17, 15) is 0 Å². The molecule has 0 saturated carbocycles. The zero-order valence-electron chi connectivity index (χ0n) is 39.5. The summed E-state index contributed by atoms with van der Waals surface area (Å²) in [6.07, 6.45) is 2.30. The van der Waals surface area contributed by atoms with Crippen LogP contribution in [0.3, 0.4) is 0 Å². The first kappa shape index (κ1) is 39.0. The van der Waals surface area contributed by atoms with Crippen molar-refractivity contribution in [2.75, 3.05) is 4.81 Å². The molecule has 0 atom stereocenters. The fourth-order valence-electron chi connectivity index (χ4n) is 11.9. The summed E-state index contributed by atoms with van der Waals surface area (Å²) in [4.78, 5) is 2.68. The van der Waals surface area contributed by atoms with Crippen LogP contribution < -0.4 is 25.2 Å². The normalized spacial score (nSPS) is 16.5. The minimum absolute atomic E-state index is 0.00904. The van der Waals surface area contributed by atoms with Gasteiger partial charge in [0.2, 0.25) is 0 Å². The van der Waals surface area contributed by atoms with E-state index in [0.717, 1.165) is 69.0 Å². The Balaban J connectivity index is 1.23. The zero-order chi connectivity index (χ0) is 44.9.